The quantitative estimate of drug-likeness (QED) is 0.814. The lowest BCUT2D eigenvalue weighted by Gasteiger charge is -2.15. The lowest BCUT2D eigenvalue weighted by molar-refractivity contribution is 0.186. The largest absolute Gasteiger partial charge is 0.481 e. The van der Waals surface area contributed by atoms with E-state index in [1.54, 1.807) is 23.8 Å². The Bertz CT molecular complexity index is 769. The van der Waals surface area contributed by atoms with Crippen LogP contribution in [0.1, 0.15) is 0 Å². The molecule has 0 aliphatic heterocycles. The molecule has 0 bridgehead atoms. The highest BCUT2D eigenvalue weighted by Gasteiger charge is 2.14. The first-order valence-electron chi connectivity index (χ1n) is 6.53. The number of ether oxygens (including phenoxy) is 3. The molecule has 7 nitrogen and oxygen atoms in total. The van der Waals surface area contributed by atoms with E-state index < -0.39 is 0 Å². The number of nitrogens with zero attached hydrogens (tertiary/aromatic N) is 2. The second kappa shape index (κ2) is 7.19. The van der Waals surface area contributed by atoms with Crippen molar-refractivity contribution in [1.29, 1.82) is 0 Å². The third kappa shape index (κ3) is 3.34. The van der Waals surface area contributed by atoms with Gasteiger partial charge >= 0.3 is 0 Å². The van der Waals surface area contributed by atoms with Crippen molar-refractivity contribution in [3.63, 3.8) is 0 Å². The van der Waals surface area contributed by atoms with Crippen LogP contribution in [0, 0.1) is 4.77 Å². The number of pyridine rings is 1. The number of nitrogens with one attached hydrogen (secondary N) is 1. The Morgan fingerprint density at radius 1 is 1.27 bits per heavy atom. The van der Waals surface area contributed by atoms with Gasteiger partial charge < -0.3 is 18.8 Å². The maximum atomic E-state index is 11.8. The van der Waals surface area contributed by atoms with Crippen molar-refractivity contribution >= 4 is 12.2 Å². The Balaban J connectivity index is 2.65. The van der Waals surface area contributed by atoms with Gasteiger partial charge in [-0.05, 0) is 18.3 Å². The van der Waals surface area contributed by atoms with E-state index in [-0.39, 0.29) is 5.56 Å². The number of hydrogen-bond acceptors (Lipinski definition) is 6. The fourth-order valence-corrected chi connectivity index (χ4v) is 2.33. The smallest absolute Gasteiger partial charge is 0.252 e. The molecule has 0 aliphatic carbocycles. The average molecular weight is 323 g/mol. The summed E-state index contributed by atoms with van der Waals surface area (Å²) in [5.74, 6) is 0.776. The molecule has 2 rings (SSSR count). The van der Waals surface area contributed by atoms with Crippen LogP contribution in [0.3, 0.4) is 0 Å². The zero-order chi connectivity index (χ0) is 16.1. The third-order valence-corrected chi connectivity index (χ3v) is 3.39. The predicted molar refractivity (Wildman–Crippen MR) is 84.1 cm³/mol. The van der Waals surface area contributed by atoms with Crippen molar-refractivity contribution in [3.8, 4) is 23.0 Å². The van der Waals surface area contributed by atoms with Gasteiger partial charge in [-0.3, -0.25) is 9.78 Å². The van der Waals surface area contributed by atoms with Gasteiger partial charge in [-0.15, -0.1) is 0 Å². The van der Waals surface area contributed by atoms with E-state index in [4.69, 9.17) is 26.4 Å². The van der Waals surface area contributed by atoms with Crippen LogP contribution in [0.5, 0.6) is 11.8 Å². The van der Waals surface area contributed by atoms with Gasteiger partial charge in [0.2, 0.25) is 11.8 Å². The summed E-state index contributed by atoms with van der Waals surface area (Å²) in [6, 6.07) is 4.93. The highest BCUT2D eigenvalue weighted by atomic mass is 32.1. The first kappa shape index (κ1) is 16.2. The summed E-state index contributed by atoms with van der Waals surface area (Å²) in [7, 11) is 4.63. The molecule has 0 radical (unpaired) electrons. The standard InChI is InChI=1S/C14H17N3O4S/c1-19-7-6-17-10(8-11(18)15-14(17)22)9-4-5-12(20-2)16-13(9)21-3/h4-5,8H,6-7H2,1-3H3,(H,15,18,22). The van der Waals surface area contributed by atoms with Crippen molar-refractivity contribution < 1.29 is 14.2 Å². The van der Waals surface area contributed by atoms with Gasteiger partial charge in [0.25, 0.3) is 5.56 Å². The molecule has 0 aromatic carbocycles. The van der Waals surface area contributed by atoms with Gasteiger partial charge in [-0.1, -0.05) is 0 Å². The SMILES string of the molecule is COCCn1c(-c2ccc(OC)nc2OC)cc(=O)[nH]c1=S. The molecule has 2 aromatic heterocycles. The van der Waals surface area contributed by atoms with Crippen LogP contribution >= 0.6 is 12.2 Å². The highest BCUT2D eigenvalue weighted by Crippen LogP contribution is 2.29. The van der Waals surface area contributed by atoms with Crippen LogP contribution in [0.25, 0.3) is 11.3 Å². The van der Waals surface area contributed by atoms with Gasteiger partial charge in [0.1, 0.15) is 0 Å². The van der Waals surface area contributed by atoms with Crippen LogP contribution in [0.4, 0.5) is 0 Å². The van der Waals surface area contributed by atoms with E-state index in [1.165, 1.54) is 20.3 Å². The first-order valence-corrected chi connectivity index (χ1v) is 6.94. The molecular weight excluding hydrogens is 306 g/mol. The summed E-state index contributed by atoms with van der Waals surface area (Å²) in [6.45, 7) is 0.954. The van der Waals surface area contributed by atoms with E-state index in [9.17, 15) is 4.79 Å². The van der Waals surface area contributed by atoms with Crippen LogP contribution in [-0.4, -0.2) is 42.5 Å². The Morgan fingerprint density at radius 3 is 2.68 bits per heavy atom. The predicted octanol–water partition coefficient (Wildman–Crippen LogP) is 1.63. The Kier molecular flexibility index (Phi) is 5.29. The zero-order valence-electron chi connectivity index (χ0n) is 12.6. The van der Waals surface area contributed by atoms with Gasteiger partial charge in [0.05, 0.1) is 32.1 Å². The van der Waals surface area contributed by atoms with Gasteiger partial charge in [0, 0.05) is 25.8 Å². The topological polar surface area (TPSA) is 78.4 Å². The van der Waals surface area contributed by atoms with Crippen LogP contribution in [-0.2, 0) is 11.3 Å². The van der Waals surface area contributed by atoms with Gasteiger partial charge in [-0.25, -0.2) is 0 Å². The molecule has 0 atom stereocenters. The Morgan fingerprint density at radius 2 is 2.05 bits per heavy atom. The fraction of sp³-hybridized carbons (Fsp3) is 0.357. The van der Waals surface area contributed by atoms with Crippen LogP contribution < -0.4 is 15.0 Å². The molecule has 0 aliphatic rings. The lowest BCUT2D eigenvalue weighted by atomic mass is 10.2. The summed E-state index contributed by atoms with van der Waals surface area (Å²) in [4.78, 5) is 18.6. The molecule has 8 heteroatoms. The minimum atomic E-state index is -0.286. The molecule has 22 heavy (non-hydrogen) atoms. The van der Waals surface area contributed by atoms with Crippen molar-refractivity contribution in [2.45, 2.75) is 6.54 Å². The summed E-state index contributed by atoms with van der Waals surface area (Å²) < 4.78 is 17.6. The number of aromatic amines is 1. The van der Waals surface area contributed by atoms with Crippen molar-refractivity contribution in [2.75, 3.05) is 27.9 Å². The number of rotatable bonds is 6. The Hall–Kier alpha value is -2.19. The molecule has 0 spiro atoms. The molecule has 2 heterocycles. The summed E-state index contributed by atoms with van der Waals surface area (Å²) in [5.41, 5.74) is 0.973. The molecule has 0 fully saturated rings. The lowest BCUT2D eigenvalue weighted by Crippen LogP contribution is -2.17. The molecule has 0 unspecified atom stereocenters. The Labute approximate surface area is 132 Å². The zero-order valence-corrected chi connectivity index (χ0v) is 13.4. The molecular formula is C14H17N3O4S. The second-order valence-electron chi connectivity index (χ2n) is 4.38. The van der Waals surface area contributed by atoms with Crippen molar-refractivity contribution in [2.24, 2.45) is 0 Å². The summed E-state index contributed by atoms with van der Waals surface area (Å²) >= 11 is 5.23. The summed E-state index contributed by atoms with van der Waals surface area (Å²) in [5, 5.41) is 0. The van der Waals surface area contributed by atoms with Crippen molar-refractivity contribution in [1.82, 2.24) is 14.5 Å². The minimum Gasteiger partial charge on any atom is -0.481 e. The number of aromatic nitrogens is 3. The van der Waals surface area contributed by atoms with E-state index in [1.807, 2.05) is 0 Å². The number of H-pyrrole nitrogens is 1. The van der Waals surface area contributed by atoms with E-state index in [0.717, 1.165) is 0 Å². The molecule has 0 saturated carbocycles. The van der Waals surface area contributed by atoms with Gasteiger partial charge in [0.15, 0.2) is 4.77 Å². The monoisotopic (exact) mass is 323 g/mol. The molecule has 0 amide bonds. The first-order chi connectivity index (χ1) is 10.6. The number of hydrogen-bond donors (Lipinski definition) is 1. The minimum absolute atomic E-state index is 0.286. The maximum absolute atomic E-state index is 11.8. The van der Waals surface area contributed by atoms with E-state index in [2.05, 4.69) is 9.97 Å². The molecule has 2 aromatic rings. The number of methoxy groups -OCH3 is 3. The van der Waals surface area contributed by atoms with Gasteiger partial charge in [-0.2, -0.15) is 4.98 Å². The van der Waals surface area contributed by atoms with Crippen LogP contribution in [0.15, 0.2) is 23.0 Å². The van der Waals surface area contributed by atoms with Crippen molar-refractivity contribution in [3.05, 3.63) is 33.3 Å². The molecule has 118 valence electrons. The second-order valence-corrected chi connectivity index (χ2v) is 4.77. The normalized spacial score (nSPS) is 10.5. The van der Waals surface area contributed by atoms with Crippen LogP contribution in [0.2, 0.25) is 0 Å². The third-order valence-electron chi connectivity index (χ3n) is 3.07. The summed E-state index contributed by atoms with van der Waals surface area (Å²) in [6.07, 6.45) is 0. The fourth-order valence-electron chi connectivity index (χ4n) is 2.04. The van der Waals surface area contributed by atoms with E-state index in [0.29, 0.717) is 40.9 Å². The van der Waals surface area contributed by atoms with E-state index >= 15 is 0 Å². The molecule has 0 saturated heterocycles. The highest BCUT2D eigenvalue weighted by molar-refractivity contribution is 7.71. The molecule has 1 N–H and O–H groups in total. The average Bonchev–Trinajstić information content (AvgIpc) is 2.52. The maximum Gasteiger partial charge on any atom is 0.252 e.